The zero-order valence-electron chi connectivity index (χ0n) is 10.9. The van der Waals surface area contributed by atoms with Gasteiger partial charge in [-0.2, -0.15) is 0 Å². The van der Waals surface area contributed by atoms with Crippen LogP contribution >= 0.6 is 0 Å². The van der Waals surface area contributed by atoms with Crippen LogP contribution in [-0.4, -0.2) is 30.7 Å². The topological polar surface area (TPSA) is 64.4 Å². The summed E-state index contributed by atoms with van der Waals surface area (Å²) in [7, 11) is 0. The highest BCUT2D eigenvalue weighted by molar-refractivity contribution is 5.88. The predicted molar refractivity (Wildman–Crippen MR) is 67.2 cm³/mol. The van der Waals surface area contributed by atoms with Crippen molar-refractivity contribution in [2.45, 2.75) is 45.3 Å². The molecule has 4 heteroatoms. The van der Waals surface area contributed by atoms with Crippen LogP contribution in [-0.2, 0) is 9.53 Å². The van der Waals surface area contributed by atoms with Gasteiger partial charge in [-0.25, -0.2) is 0 Å². The zero-order valence-corrected chi connectivity index (χ0v) is 10.9. The van der Waals surface area contributed by atoms with E-state index in [1.807, 2.05) is 20.8 Å². The van der Waals surface area contributed by atoms with Gasteiger partial charge in [0.05, 0.1) is 6.10 Å². The Bertz CT molecular complexity index is 333. The Morgan fingerprint density at radius 1 is 1.65 bits per heavy atom. The summed E-state index contributed by atoms with van der Waals surface area (Å²) in [6, 6.07) is 0. The number of ether oxygens (including phenoxy) is 1. The molecule has 0 aromatic heterocycles. The van der Waals surface area contributed by atoms with Crippen LogP contribution in [0.5, 0.6) is 0 Å². The molecule has 0 aromatic rings. The molecule has 0 spiro atoms. The van der Waals surface area contributed by atoms with Crippen molar-refractivity contribution in [2.24, 2.45) is 11.1 Å². The fourth-order valence-electron chi connectivity index (χ4n) is 2.23. The Morgan fingerprint density at radius 2 is 2.29 bits per heavy atom. The van der Waals surface area contributed by atoms with E-state index < -0.39 is 5.54 Å². The first-order valence-electron chi connectivity index (χ1n) is 6.02. The average molecular weight is 238 g/mol. The minimum absolute atomic E-state index is 0.0517. The molecule has 0 saturated heterocycles. The SMILES string of the molecule is C#CCCNC(=O)C1(N)CC(OCC)C1(C)C. The van der Waals surface area contributed by atoms with Crippen molar-refractivity contribution in [1.82, 2.24) is 5.32 Å². The Labute approximate surface area is 103 Å². The molecule has 4 nitrogen and oxygen atoms in total. The van der Waals surface area contributed by atoms with Crippen molar-refractivity contribution in [3.05, 3.63) is 0 Å². The first-order valence-corrected chi connectivity index (χ1v) is 6.02. The molecule has 1 aliphatic carbocycles. The minimum Gasteiger partial charge on any atom is -0.378 e. The van der Waals surface area contributed by atoms with E-state index in [9.17, 15) is 4.79 Å². The Morgan fingerprint density at radius 3 is 2.76 bits per heavy atom. The highest BCUT2D eigenvalue weighted by Gasteiger charge is 2.62. The van der Waals surface area contributed by atoms with Crippen LogP contribution in [0.3, 0.4) is 0 Å². The van der Waals surface area contributed by atoms with Crippen LogP contribution in [0, 0.1) is 17.8 Å². The number of hydrogen-bond acceptors (Lipinski definition) is 3. The fourth-order valence-corrected chi connectivity index (χ4v) is 2.23. The Balaban J connectivity index is 2.59. The van der Waals surface area contributed by atoms with Gasteiger partial charge in [-0.3, -0.25) is 4.79 Å². The Hall–Kier alpha value is -1.05. The van der Waals surface area contributed by atoms with Gasteiger partial charge in [-0.1, -0.05) is 13.8 Å². The number of amides is 1. The molecule has 96 valence electrons. The number of nitrogens with two attached hydrogens (primary N) is 1. The van der Waals surface area contributed by atoms with Crippen LogP contribution in [0.25, 0.3) is 0 Å². The van der Waals surface area contributed by atoms with E-state index in [1.54, 1.807) is 0 Å². The first-order chi connectivity index (χ1) is 7.90. The van der Waals surface area contributed by atoms with Gasteiger partial charge >= 0.3 is 0 Å². The molecule has 0 heterocycles. The van der Waals surface area contributed by atoms with Crippen LogP contribution in [0.15, 0.2) is 0 Å². The van der Waals surface area contributed by atoms with Crippen molar-refractivity contribution >= 4 is 5.91 Å². The molecular formula is C13H22N2O2. The summed E-state index contributed by atoms with van der Waals surface area (Å²) in [6.45, 7) is 7.00. The van der Waals surface area contributed by atoms with Crippen molar-refractivity contribution < 1.29 is 9.53 Å². The van der Waals surface area contributed by atoms with Gasteiger partial charge in [0.15, 0.2) is 0 Å². The smallest absolute Gasteiger partial charge is 0.240 e. The quantitative estimate of drug-likeness (QED) is 0.546. The molecule has 0 aliphatic heterocycles. The van der Waals surface area contributed by atoms with E-state index in [-0.39, 0.29) is 17.4 Å². The molecule has 0 bridgehead atoms. The zero-order chi connectivity index (χ0) is 13.1. The van der Waals surface area contributed by atoms with Gasteiger partial charge in [-0.05, 0) is 6.92 Å². The first kappa shape index (κ1) is 14.0. The van der Waals surface area contributed by atoms with Crippen LogP contribution in [0.4, 0.5) is 0 Å². The molecule has 2 atom stereocenters. The lowest BCUT2D eigenvalue weighted by molar-refractivity contribution is -0.170. The average Bonchev–Trinajstić information content (AvgIpc) is 2.28. The summed E-state index contributed by atoms with van der Waals surface area (Å²) < 4.78 is 5.57. The standard InChI is InChI=1S/C13H22N2O2/c1-5-7-8-15-11(16)13(14)9-10(17-6-2)12(13,3)4/h1,10H,6-9,14H2,2-4H3,(H,15,16). The highest BCUT2D eigenvalue weighted by atomic mass is 16.5. The molecule has 0 radical (unpaired) electrons. The van der Waals surface area contributed by atoms with Gasteiger partial charge in [0, 0.05) is 31.4 Å². The van der Waals surface area contributed by atoms with E-state index in [4.69, 9.17) is 16.9 Å². The normalized spacial score (nSPS) is 30.2. The van der Waals surface area contributed by atoms with E-state index in [0.29, 0.717) is 26.0 Å². The van der Waals surface area contributed by atoms with Gasteiger partial charge in [0.1, 0.15) is 5.54 Å². The molecule has 1 saturated carbocycles. The summed E-state index contributed by atoms with van der Waals surface area (Å²) in [5.74, 6) is 2.35. The minimum atomic E-state index is -0.846. The number of rotatable bonds is 5. The predicted octanol–water partition coefficient (Wildman–Crippen LogP) is 0.658. The Kier molecular flexibility index (Phi) is 4.18. The molecule has 1 rings (SSSR count). The summed E-state index contributed by atoms with van der Waals surface area (Å²) in [6.07, 6.45) is 6.27. The van der Waals surface area contributed by atoms with Gasteiger partial charge in [0.25, 0.3) is 0 Å². The van der Waals surface area contributed by atoms with Gasteiger partial charge in [-0.15, -0.1) is 12.3 Å². The van der Waals surface area contributed by atoms with E-state index in [2.05, 4.69) is 11.2 Å². The monoisotopic (exact) mass is 238 g/mol. The molecular weight excluding hydrogens is 216 g/mol. The maximum Gasteiger partial charge on any atom is 0.240 e. The summed E-state index contributed by atoms with van der Waals surface area (Å²) in [5.41, 5.74) is 4.99. The van der Waals surface area contributed by atoms with Gasteiger partial charge < -0.3 is 15.8 Å². The molecule has 3 N–H and O–H groups in total. The van der Waals surface area contributed by atoms with Gasteiger partial charge in [0.2, 0.25) is 5.91 Å². The lowest BCUT2D eigenvalue weighted by Crippen LogP contribution is -2.75. The number of hydrogen-bond donors (Lipinski definition) is 2. The maximum absolute atomic E-state index is 12.0. The second-order valence-corrected chi connectivity index (χ2v) is 5.05. The summed E-state index contributed by atoms with van der Waals surface area (Å²) >= 11 is 0. The number of nitrogens with one attached hydrogen (secondary N) is 1. The third-order valence-electron chi connectivity index (χ3n) is 3.79. The molecule has 1 fully saturated rings. The third kappa shape index (κ3) is 2.31. The van der Waals surface area contributed by atoms with Crippen molar-refractivity contribution in [1.29, 1.82) is 0 Å². The lowest BCUT2D eigenvalue weighted by atomic mass is 9.54. The van der Waals surface area contributed by atoms with Crippen molar-refractivity contribution in [3.63, 3.8) is 0 Å². The third-order valence-corrected chi connectivity index (χ3v) is 3.79. The maximum atomic E-state index is 12.0. The van der Waals surface area contributed by atoms with E-state index >= 15 is 0 Å². The van der Waals surface area contributed by atoms with Crippen LogP contribution < -0.4 is 11.1 Å². The van der Waals surface area contributed by atoms with Crippen LogP contribution in [0.2, 0.25) is 0 Å². The second-order valence-electron chi connectivity index (χ2n) is 5.05. The van der Waals surface area contributed by atoms with E-state index in [0.717, 1.165) is 0 Å². The molecule has 1 amide bonds. The highest BCUT2D eigenvalue weighted by Crippen LogP contribution is 2.49. The largest absolute Gasteiger partial charge is 0.378 e. The fraction of sp³-hybridized carbons (Fsp3) is 0.769. The molecule has 1 aliphatic rings. The molecule has 2 unspecified atom stereocenters. The van der Waals surface area contributed by atoms with Crippen molar-refractivity contribution in [3.8, 4) is 12.3 Å². The number of carbonyl (C=O) groups is 1. The second kappa shape index (κ2) is 5.07. The molecule has 17 heavy (non-hydrogen) atoms. The van der Waals surface area contributed by atoms with E-state index in [1.165, 1.54) is 0 Å². The number of terminal acetylenes is 1. The summed E-state index contributed by atoms with van der Waals surface area (Å²) in [5, 5.41) is 2.78. The lowest BCUT2D eigenvalue weighted by Gasteiger charge is -2.57. The van der Waals surface area contributed by atoms with Crippen LogP contribution in [0.1, 0.15) is 33.6 Å². The number of carbonyl (C=O) groups excluding carboxylic acids is 1. The molecule has 0 aromatic carbocycles. The summed E-state index contributed by atoms with van der Waals surface area (Å²) in [4.78, 5) is 12.0. The van der Waals surface area contributed by atoms with Crippen molar-refractivity contribution in [2.75, 3.05) is 13.2 Å².